The molecule has 9 heteroatoms. The third-order valence-electron chi connectivity index (χ3n) is 5.21. The van der Waals surface area contributed by atoms with Gasteiger partial charge in [-0.2, -0.15) is 5.10 Å². The number of pyridine rings is 2. The second kappa shape index (κ2) is 6.56. The van der Waals surface area contributed by atoms with Gasteiger partial charge < -0.3 is 9.55 Å². The lowest BCUT2D eigenvalue weighted by Gasteiger charge is -2.04. The number of nitrogens with one attached hydrogen (secondary N) is 2. The Balaban J connectivity index is 1.54. The van der Waals surface area contributed by atoms with Gasteiger partial charge in [-0.15, -0.1) is 0 Å². The van der Waals surface area contributed by atoms with E-state index in [0.717, 1.165) is 22.3 Å². The van der Waals surface area contributed by atoms with Crippen molar-refractivity contribution in [3.8, 4) is 28.3 Å². The molecular weight excluding hydrogens is 395 g/mol. The molecule has 6 aromatic rings. The summed E-state index contributed by atoms with van der Waals surface area (Å²) in [5.41, 5.74) is 5.43. The van der Waals surface area contributed by atoms with E-state index in [9.17, 15) is 4.39 Å². The normalized spacial score (nSPS) is 11.5. The predicted molar refractivity (Wildman–Crippen MR) is 114 cm³/mol. The van der Waals surface area contributed by atoms with Gasteiger partial charge in [0, 0.05) is 47.4 Å². The number of hydrogen-bond donors (Lipinski definition) is 2. The van der Waals surface area contributed by atoms with Gasteiger partial charge in [-0.1, -0.05) is 6.07 Å². The summed E-state index contributed by atoms with van der Waals surface area (Å²) in [6.45, 7) is 1.93. The van der Waals surface area contributed by atoms with Gasteiger partial charge in [0.05, 0.1) is 23.2 Å². The van der Waals surface area contributed by atoms with E-state index in [0.29, 0.717) is 33.8 Å². The molecule has 5 heterocycles. The lowest BCUT2D eigenvalue weighted by atomic mass is 10.0. The Kier molecular flexibility index (Phi) is 3.69. The highest BCUT2D eigenvalue weighted by molar-refractivity contribution is 5.96. The zero-order chi connectivity index (χ0) is 20.9. The quantitative estimate of drug-likeness (QED) is 0.455. The number of aryl methyl sites for hydroxylation is 1. The third-order valence-corrected chi connectivity index (χ3v) is 5.21. The Hall–Kier alpha value is -4.40. The first-order valence-corrected chi connectivity index (χ1v) is 9.61. The number of fused-ring (bicyclic) bond motifs is 2. The smallest absolute Gasteiger partial charge is 0.180 e. The summed E-state index contributed by atoms with van der Waals surface area (Å²) in [7, 11) is 0. The summed E-state index contributed by atoms with van der Waals surface area (Å²) in [5.74, 6) is 0.196. The molecule has 2 N–H and O–H groups in total. The summed E-state index contributed by atoms with van der Waals surface area (Å²) in [4.78, 5) is 20.7. The number of aromatic amines is 2. The van der Waals surface area contributed by atoms with Gasteiger partial charge >= 0.3 is 0 Å². The largest absolute Gasteiger partial charge is 0.333 e. The van der Waals surface area contributed by atoms with E-state index in [4.69, 9.17) is 0 Å². The van der Waals surface area contributed by atoms with Crippen LogP contribution in [0.5, 0.6) is 0 Å². The van der Waals surface area contributed by atoms with Crippen LogP contribution in [0.3, 0.4) is 0 Å². The summed E-state index contributed by atoms with van der Waals surface area (Å²) in [6, 6.07) is 8.70. The molecule has 0 amide bonds. The van der Waals surface area contributed by atoms with Crippen molar-refractivity contribution in [2.75, 3.05) is 0 Å². The molecule has 31 heavy (non-hydrogen) atoms. The molecule has 0 bridgehead atoms. The van der Waals surface area contributed by atoms with E-state index in [1.54, 1.807) is 37.1 Å². The van der Waals surface area contributed by atoms with Crippen molar-refractivity contribution < 1.29 is 4.39 Å². The van der Waals surface area contributed by atoms with Crippen molar-refractivity contribution in [3.63, 3.8) is 0 Å². The summed E-state index contributed by atoms with van der Waals surface area (Å²) < 4.78 is 16.6. The Morgan fingerprint density at radius 1 is 1.10 bits per heavy atom. The third kappa shape index (κ3) is 2.78. The summed E-state index contributed by atoms with van der Waals surface area (Å²) in [6.07, 6.45) is 8.67. The number of halogens is 1. The van der Waals surface area contributed by atoms with E-state index in [-0.39, 0.29) is 5.82 Å². The van der Waals surface area contributed by atoms with Crippen LogP contribution in [-0.2, 0) is 0 Å². The Morgan fingerprint density at radius 3 is 2.84 bits per heavy atom. The SMILES string of the molecule is Cc1cn(-c2ccnc3nc(-c4n[nH]c5cc(F)c(-c6cccnc6)cc45)[nH]c23)cn1. The molecule has 0 atom stereocenters. The maximum absolute atomic E-state index is 14.7. The first-order chi connectivity index (χ1) is 15.2. The van der Waals surface area contributed by atoms with Gasteiger partial charge in [0.2, 0.25) is 0 Å². The van der Waals surface area contributed by atoms with Crippen molar-refractivity contribution in [1.29, 1.82) is 0 Å². The van der Waals surface area contributed by atoms with E-state index >= 15 is 0 Å². The van der Waals surface area contributed by atoms with Gasteiger partial charge in [0.1, 0.15) is 17.0 Å². The topological polar surface area (TPSA) is 101 Å². The van der Waals surface area contributed by atoms with Crippen molar-refractivity contribution >= 4 is 22.1 Å². The molecule has 0 saturated heterocycles. The van der Waals surface area contributed by atoms with Crippen molar-refractivity contribution in [2.45, 2.75) is 6.92 Å². The average molecular weight is 410 g/mol. The van der Waals surface area contributed by atoms with E-state index in [1.807, 2.05) is 29.8 Å². The van der Waals surface area contributed by atoms with E-state index < -0.39 is 0 Å². The predicted octanol–water partition coefficient (Wildman–Crippen LogP) is 4.20. The number of benzene rings is 1. The zero-order valence-electron chi connectivity index (χ0n) is 16.3. The summed E-state index contributed by atoms with van der Waals surface area (Å²) in [5, 5.41) is 8.04. The van der Waals surface area contributed by atoms with Gasteiger partial charge in [0.25, 0.3) is 0 Å². The fourth-order valence-electron chi connectivity index (χ4n) is 3.74. The minimum atomic E-state index is -0.347. The molecule has 0 aliphatic carbocycles. The van der Waals surface area contributed by atoms with E-state index in [2.05, 4.69) is 35.1 Å². The number of imidazole rings is 2. The number of nitrogens with zero attached hydrogens (tertiary/aromatic N) is 6. The second-order valence-corrected chi connectivity index (χ2v) is 7.23. The Bertz CT molecular complexity index is 1560. The average Bonchev–Trinajstić information content (AvgIpc) is 3.50. The first kappa shape index (κ1) is 17.5. The molecule has 6 rings (SSSR count). The molecule has 0 unspecified atom stereocenters. The molecule has 0 aliphatic rings. The Morgan fingerprint density at radius 2 is 2.03 bits per heavy atom. The Labute approximate surface area is 174 Å². The van der Waals surface area contributed by atoms with E-state index in [1.165, 1.54) is 6.07 Å². The number of rotatable bonds is 3. The minimum absolute atomic E-state index is 0.347. The van der Waals surface area contributed by atoms with Crippen LogP contribution in [-0.4, -0.2) is 39.7 Å². The highest BCUT2D eigenvalue weighted by Gasteiger charge is 2.18. The molecule has 0 fully saturated rings. The van der Waals surface area contributed by atoms with Crippen molar-refractivity contribution in [3.05, 3.63) is 73.0 Å². The highest BCUT2D eigenvalue weighted by atomic mass is 19.1. The molecule has 0 saturated carbocycles. The van der Waals surface area contributed by atoms with Gasteiger partial charge in [-0.3, -0.25) is 10.1 Å². The van der Waals surface area contributed by atoms with Crippen LogP contribution >= 0.6 is 0 Å². The summed E-state index contributed by atoms with van der Waals surface area (Å²) >= 11 is 0. The van der Waals surface area contributed by atoms with Crippen LogP contribution in [0, 0.1) is 12.7 Å². The maximum atomic E-state index is 14.7. The number of H-pyrrole nitrogens is 2. The zero-order valence-corrected chi connectivity index (χ0v) is 16.3. The molecule has 8 nitrogen and oxygen atoms in total. The maximum Gasteiger partial charge on any atom is 0.180 e. The van der Waals surface area contributed by atoms with Crippen LogP contribution < -0.4 is 0 Å². The first-order valence-electron chi connectivity index (χ1n) is 9.61. The number of aromatic nitrogens is 8. The highest BCUT2D eigenvalue weighted by Crippen LogP contribution is 2.32. The van der Waals surface area contributed by atoms with Crippen LogP contribution in [0.4, 0.5) is 4.39 Å². The number of hydrogen-bond acceptors (Lipinski definition) is 5. The van der Waals surface area contributed by atoms with Crippen LogP contribution in [0.2, 0.25) is 0 Å². The molecule has 1 aromatic carbocycles. The molecule has 0 radical (unpaired) electrons. The molecule has 0 aliphatic heterocycles. The fourth-order valence-corrected chi connectivity index (χ4v) is 3.74. The molecule has 150 valence electrons. The van der Waals surface area contributed by atoms with Crippen LogP contribution in [0.1, 0.15) is 5.69 Å². The van der Waals surface area contributed by atoms with Crippen molar-refractivity contribution in [1.82, 2.24) is 39.7 Å². The standard InChI is InChI=1S/C22H15FN8/c1-12-10-31(11-26-12)18-4-6-25-21-20(18)27-22(28-21)19-15-7-14(13-3-2-5-24-9-13)16(23)8-17(15)29-30-19/h2-11H,1H3,(H,29,30)(H,25,27,28). The lowest BCUT2D eigenvalue weighted by Crippen LogP contribution is -1.92. The second-order valence-electron chi connectivity index (χ2n) is 7.23. The van der Waals surface area contributed by atoms with Gasteiger partial charge in [0.15, 0.2) is 11.5 Å². The van der Waals surface area contributed by atoms with Crippen molar-refractivity contribution in [2.24, 2.45) is 0 Å². The van der Waals surface area contributed by atoms with Crippen LogP contribution in [0.15, 0.2) is 61.4 Å². The fraction of sp³-hybridized carbons (Fsp3) is 0.0455. The molecule has 5 aromatic heterocycles. The van der Waals surface area contributed by atoms with Gasteiger partial charge in [-0.05, 0) is 25.1 Å². The molecular formula is C22H15FN8. The lowest BCUT2D eigenvalue weighted by molar-refractivity contribution is 0.632. The van der Waals surface area contributed by atoms with Gasteiger partial charge in [-0.25, -0.2) is 19.3 Å². The molecule has 0 spiro atoms. The monoisotopic (exact) mass is 410 g/mol. The van der Waals surface area contributed by atoms with Crippen LogP contribution in [0.25, 0.3) is 50.4 Å². The minimum Gasteiger partial charge on any atom is -0.333 e.